The number of ether oxygens (including phenoxy) is 1. The molecule has 2 aromatic carbocycles. The van der Waals surface area contributed by atoms with Gasteiger partial charge in [0.25, 0.3) is 0 Å². The summed E-state index contributed by atoms with van der Waals surface area (Å²) in [5.74, 6) is 0.811. The van der Waals surface area contributed by atoms with Crippen LogP contribution in [-0.2, 0) is 5.75 Å². The zero-order chi connectivity index (χ0) is 19.5. The van der Waals surface area contributed by atoms with E-state index in [-0.39, 0.29) is 5.82 Å². The Morgan fingerprint density at radius 2 is 2.00 bits per heavy atom. The van der Waals surface area contributed by atoms with Crippen LogP contribution in [0.2, 0.25) is 5.02 Å². The van der Waals surface area contributed by atoms with E-state index in [4.69, 9.17) is 16.3 Å². The molecule has 0 unspecified atom stereocenters. The van der Waals surface area contributed by atoms with Crippen molar-refractivity contribution < 1.29 is 9.13 Å². The van der Waals surface area contributed by atoms with E-state index in [2.05, 4.69) is 9.97 Å². The Morgan fingerprint density at radius 3 is 2.71 bits per heavy atom. The molecule has 0 spiro atoms. The average molecular weight is 432 g/mol. The number of benzene rings is 2. The van der Waals surface area contributed by atoms with Crippen molar-refractivity contribution in [2.75, 3.05) is 7.11 Å². The first-order chi connectivity index (χ1) is 13.7. The van der Waals surface area contributed by atoms with Gasteiger partial charge in [-0.15, -0.1) is 11.3 Å². The predicted molar refractivity (Wildman–Crippen MR) is 112 cm³/mol. The number of thiazole rings is 1. The quantitative estimate of drug-likeness (QED) is 0.346. The number of methoxy groups -OCH3 is 1. The molecule has 8 heteroatoms. The molecule has 0 bridgehead atoms. The van der Waals surface area contributed by atoms with Crippen molar-refractivity contribution in [3.8, 4) is 22.7 Å². The normalized spacial score (nSPS) is 11.0. The number of rotatable bonds is 6. The van der Waals surface area contributed by atoms with E-state index in [1.807, 2.05) is 34.2 Å². The van der Waals surface area contributed by atoms with Crippen LogP contribution in [0.3, 0.4) is 0 Å². The molecule has 142 valence electrons. The third-order valence-electron chi connectivity index (χ3n) is 4.06. The minimum Gasteiger partial charge on any atom is -0.496 e. The van der Waals surface area contributed by atoms with Crippen LogP contribution >= 0.6 is 34.7 Å². The molecule has 28 heavy (non-hydrogen) atoms. The van der Waals surface area contributed by atoms with Gasteiger partial charge in [0.2, 0.25) is 0 Å². The van der Waals surface area contributed by atoms with Crippen LogP contribution in [-0.4, -0.2) is 21.6 Å². The van der Waals surface area contributed by atoms with Crippen molar-refractivity contribution in [3.63, 3.8) is 0 Å². The summed E-state index contributed by atoms with van der Waals surface area (Å²) in [6, 6.07) is 12.0. The minimum atomic E-state index is -0.350. The first-order valence-electron chi connectivity index (χ1n) is 8.34. The highest BCUT2D eigenvalue weighted by molar-refractivity contribution is 7.98. The lowest BCUT2D eigenvalue weighted by Gasteiger charge is -2.14. The minimum absolute atomic E-state index is 0.350. The summed E-state index contributed by atoms with van der Waals surface area (Å²) in [4.78, 5) is 8.94. The maximum absolute atomic E-state index is 13.7. The molecule has 0 saturated heterocycles. The highest BCUT2D eigenvalue weighted by Gasteiger charge is 2.18. The third kappa shape index (κ3) is 3.92. The number of halogens is 2. The van der Waals surface area contributed by atoms with Crippen LogP contribution < -0.4 is 4.74 Å². The molecule has 0 aliphatic rings. The molecule has 0 fully saturated rings. The predicted octanol–water partition coefficient (Wildman–Crippen LogP) is 6.09. The van der Waals surface area contributed by atoms with E-state index in [1.54, 1.807) is 41.6 Å². The molecule has 2 heterocycles. The highest BCUT2D eigenvalue weighted by Crippen LogP contribution is 2.36. The maximum Gasteiger partial charge on any atom is 0.173 e. The third-order valence-corrected chi connectivity index (χ3v) is 6.24. The Labute approximate surface area is 175 Å². The summed E-state index contributed by atoms with van der Waals surface area (Å²) in [5, 5.41) is 4.44. The fourth-order valence-corrected chi connectivity index (χ4v) is 4.56. The van der Waals surface area contributed by atoms with E-state index in [9.17, 15) is 4.39 Å². The first kappa shape index (κ1) is 19.0. The molecule has 0 aliphatic carbocycles. The summed E-state index contributed by atoms with van der Waals surface area (Å²) in [6.07, 6.45) is 3.57. The van der Waals surface area contributed by atoms with Gasteiger partial charge in [0.15, 0.2) is 5.16 Å². The molecule has 0 aliphatic heterocycles. The molecule has 4 aromatic rings. The Bertz CT molecular complexity index is 1080. The molecule has 4 rings (SSSR count). The van der Waals surface area contributed by atoms with Crippen molar-refractivity contribution in [2.45, 2.75) is 10.9 Å². The molecular weight excluding hydrogens is 417 g/mol. The second-order valence-corrected chi connectivity index (χ2v) is 8.16. The number of nitrogens with zero attached hydrogens (tertiary/aromatic N) is 3. The Morgan fingerprint density at radius 1 is 1.18 bits per heavy atom. The molecule has 0 N–H and O–H groups in total. The van der Waals surface area contributed by atoms with E-state index in [1.165, 1.54) is 19.2 Å². The standard InChI is InChI=1S/C20H15ClFN3OS2/c1-26-18-10-14(22)4-7-16(18)17-11-24-20(28-12-19-23-8-9-27-19)25(17)15-5-2-13(21)3-6-15/h2-11H,12H2,1H3. The molecule has 0 saturated carbocycles. The van der Waals surface area contributed by atoms with Crippen LogP contribution in [0.1, 0.15) is 5.01 Å². The van der Waals surface area contributed by atoms with Gasteiger partial charge >= 0.3 is 0 Å². The van der Waals surface area contributed by atoms with Crippen molar-refractivity contribution in [3.05, 3.63) is 76.1 Å². The summed E-state index contributed by atoms with van der Waals surface area (Å²) in [6.45, 7) is 0. The monoisotopic (exact) mass is 431 g/mol. The Hall–Kier alpha value is -2.35. The Kier molecular flexibility index (Phi) is 5.66. The smallest absolute Gasteiger partial charge is 0.173 e. The zero-order valence-corrected chi connectivity index (χ0v) is 17.2. The highest BCUT2D eigenvalue weighted by atomic mass is 35.5. The van der Waals surface area contributed by atoms with Crippen LogP contribution in [0.4, 0.5) is 4.39 Å². The number of aromatic nitrogens is 3. The van der Waals surface area contributed by atoms with Gasteiger partial charge in [0.05, 0.1) is 24.8 Å². The number of imidazole rings is 1. The summed E-state index contributed by atoms with van der Waals surface area (Å²) >= 11 is 9.26. The average Bonchev–Trinajstić information content (AvgIpc) is 3.36. The van der Waals surface area contributed by atoms with Gasteiger partial charge in [-0.3, -0.25) is 4.57 Å². The fraction of sp³-hybridized carbons (Fsp3) is 0.100. The van der Waals surface area contributed by atoms with Gasteiger partial charge < -0.3 is 4.74 Å². The SMILES string of the molecule is COc1cc(F)ccc1-c1cnc(SCc2nccs2)n1-c1ccc(Cl)cc1. The van der Waals surface area contributed by atoms with Crippen LogP contribution in [0.25, 0.3) is 16.9 Å². The first-order valence-corrected chi connectivity index (χ1v) is 10.6. The van der Waals surface area contributed by atoms with Gasteiger partial charge in [-0.1, -0.05) is 23.4 Å². The summed E-state index contributed by atoms with van der Waals surface area (Å²) in [7, 11) is 1.53. The van der Waals surface area contributed by atoms with Crippen molar-refractivity contribution >= 4 is 34.7 Å². The van der Waals surface area contributed by atoms with E-state index < -0.39 is 0 Å². The molecule has 0 radical (unpaired) electrons. The summed E-state index contributed by atoms with van der Waals surface area (Å²) < 4.78 is 21.1. The van der Waals surface area contributed by atoms with Gasteiger partial charge in [-0.25, -0.2) is 14.4 Å². The lowest BCUT2D eigenvalue weighted by atomic mass is 10.1. The van der Waals surface area contributed by atoms with Crippen LogP contribution in [0.5, 0.6) is 5.75 Å². The lowest BCUT2D eigenvalue weighted by molar-refractivity contribution is 0.412. The molecule has 2 aromatic heterocycles. The second-order valence-electron chi connectivity index (χ2n) is 5.80. The number of hydrogen-bond donors (Lipinski definition) is 0. The molecule has 0 amide bonds. The molecule has 4 nitrogen and oxygen atoms in total. The number of hydrogen-bond acceptors (Lipinski definition) is 5. The van der Waals surface area contributed by atoms with Crippen LogP contribution in [0.15, 0.2) is 65.4 Å². The van der Waals surface area contributed by atoms with Gasteiger partial charge in [0.1, 0.15) is 16.6 Å². The Balaban J connectivity index is 1.81. The van der Waals surface area contributed by atoms with Gasteiger partial charge in [0, 0.05) is 33.9 Å². The fourth-order valence-electron chi connectivity index (χ4n) is 2.79. The topological polar surface area (TPSA) is 39.9 Å². The van der Waals surface area contributed by atoms with Crippen molar-refractivity contribution in [1.29, 1.82) is 0 Å². The van der Waals surface area contributed by atoms with E-state index in [0.29, 0.717) is 16.5 Å². The van der Waals surface area contributed by atoms with Crippen LogP contribution in [0, 0.1) is 5.82 Å². The second kappa shape index (κ2) is 8.34. The zero-order valence-electron chi connectivity index (χ0n) is 14.8. The maximum atomic E-state index is 13.7. The lowest BCUT2D eigenvalue weighted by Crippen LogP contribution is -2.00. The van der Waals surface area contributed by atoms with Crippen molar-refractivity contribution in [1.82, 2.24) is 14.5 Å². The number of thioether (sulfide) groups is 1. The van der Waals surface area contributed by atoms with Gasteiger partial charge in [-0.2, -0.15) is 0 Å². The van der Waals surface area contributed by atoms with Crippen molar-refractivity contribution in [2.24, 2.45) is 0 Å². The molecular formula is C20H15ClFN3OS2. The molecule has 0 atom stereocenters. The van der Waals surface area contributed by atoms with Gasteiger partial charge in [-0.05, 0) is 36.4 Å². The largest absolute Gasteiger partial charge is 0.496 e. The van der Waals surface area contributed by atoms with E-state index in [0.717, 1.165) is 27.1 Å². The van der Waals surface area contributed by atoms with E-state index >= 15 is 0 Å². The summed E-state index contributed by atoms with van der Waals surface area (Å²) in [5.41, 5.74) is 2.47.